The summed E-state index contributed by atoms with van der Waals surface area (Å²) in [4.78, 5) is 15.0. The Morgan fingerprint density at radius 2 is 1.93 bits per heavy atom. The molecule has 1 aromatic rings. The Bertz CT molecular complexity index is 1030. The number of ketones is 1. The summed E-state index contributed by atoms with van der Waals surface area (Å²) in [6.45, 7) is 7.95. The lowest BCUT2D eigenvalue weighted by atomic mass is 9.44. The number of carbonyl (C=O) groups is 1. The number of nitrogens with zero attached hydrogens (tertiary/aromatic N) is 1. The number of ether oxygens (including phenoxy) is 1. The number of piperidine rings is 1. The molecule has 40 heavy (non-hydrogen) atoms. The number of carbonyl (C=O) groups excluding carboxylic acids is 1. The van der Waals surface area contributed by atoms with E-state index >= 15 is 0 Å². The number of Topliss-reactive ketones (excluding diaryl/α,β-unsaturated/α-hetero) is 1. The van der Waals surface area contributed by atoms with Gasteiger partial charge in [0.25, 0.3) is 0 Å². The van der Waals surface area contributed by atoms with Gasteiger partial charge in [-0.15, -0.1) is 0 Å². The number of aliphatic hydroxyl groups is 1. The number of aliphatic hydroxyl groups excluding tert-OH is 1. The number of fused-ring (bicyclic) bond motifs is 5. The Morgan fingerprint density at radius 3 is 2.80 bits per heavy atom. The predicted molar refractivity (Wildman–Crippen MR) is 161 cm³/mol. The van der Waals surface area contributed by atoms with Gasteiger partial charge in [-0.3, -0.25) is 9.69 Å². The fourth-order valence-electron chi connectivity index (χ4n) is 10.7. The third-order valence-electron chi connectivity index (χ3n) is 12.9. The summed E-state index contributed by atoms with van der Waals surface area (Å²) in [5.74, 6) is 4.16. The van der Waals surface area contributed by atoms with Crippen molar-refractivity contribution >= 4 is 5.78 Å². The van der Waals surface area contributed by atoms with Gasteiger partial charge in [0.1, 0.15) is 11.5 Å². The molecule has 0 radical (unpaired) electrons. The fourth-order valence-corrected chi connectivity index (χ4v) is 10.7. The van der Waals surface area contributed by atoms with Crippen LogP contribution < -0.4 is 4.74 Å². The van der Waals surface area contributed by atoms with Crippen LogP contribution in [-0.4, -0.2) is 41.6 Å². The van der Waals surface area contributed by atoms with E-state index in [9.17, 15) is 9.90 Å². The molecule has 5 unspecified atom stereocenters. The van der Waals surface area contributed by atoms with Crippen LogP contribution in [0, 0.1) is 34.5 Å². The molecule has 0 aromatic heterocycles. The third-order valence-corrected chi connectivity index (χ3v) is 12.9. The average molecular weight is 550 g/mol. The second-order valence-corrected chi connectivity index (χ2v) is 14.7. The van der Waals surface area contributed by atoms with Crippen LogP contribution >= 0.6 is 0 Å². The summed E-state index contributed by atoms with van der Waals surface area (Å²) >= 11 is 0. The van der Waals surface area contributed by atoms with Crippen LogP contribution in [0.3, 0.4) is 0 Å². The Kier molecular flexibility index (Phi) is 8.67. The Balaban J connectivity index is 1.11. The van der Waals surface area contributed by atoms with Crippen LogP contribution in [0.4, 0.5) is 0 Å². The van der Waals surface area contributed by atoms with Crippen LogP contribution in [0.5, 0.6) is 5.75 Å². The molecule has 6 rings (SSSR count). The lowest BCUT2D eigenvalue weighted by molar-refractivity contribution is -0.145. The van der Waals surface area contributed by atoms with Crippen LogP contribution in [0.25, 0.3) is 0 Å². The molecule has 0 bridgehead atoms. The van der Waals surface area contributed by atoms with E-state index in [1.165, 1.54) is 82.9 Å². The van der Waals surface area contributed by atoms with Crippen LogP contribution in [-0.2, 0) is 4.79 Å². The molecule has 1 saturated heterocycles. The van der Waals surface area contributed by atoms with E-state index in [-0.39, 0.29) is 11.5 Å². The minimum absolute atomic E-state index is 0.0197. The van der Waals surface area contributed by atoms with Crippen molar-refractivity contribution in [1.82, 2.24) is 4.90 Å². The standard InChI is InChI=1S/C36H55NO3/c1-3-4-6-21-37-22-7-5-11-33(37)26-9-8-10-29(24-26)40-23-20-36-19-17-31-30(32(36)14-15-34(36)39)13-12-27-25-28(38)16-18-35(27,31)2/h8-10,24,27,30-34,39H,3-7,11-23,25H2,1-2H3/t27?,30?,31?,32?,33?,34-,35-,36+/m0/s1. The Hall–Kier alpha value is -1.39. The first-order chi connectivity index (χ1) is 19.4. The number of benzene rings is 1. The molecule has 1 aromatic carbocycles. The van der Waals surface area contributed by atoms with Gasteiger partial charge in [-0.2, -0.15) is 0 Å². The maximum atomic E-state index is 12.3. The largest absolute Gasteiger partial charge is 0.494 e. The molecule has 222 valence electrons. The van der Waals surface area contributed by atoms with E-state index in [0.717, 1.165) is 50.2 Å². The molecular weight excluding hydrogens is 494 g/mol. The van der Waals surface area contributed by atoms with Crippen molar-refractivity contribution in [2.24, 2.45) is 34.5 Å². The molecule has 1 heterocycles. The summed E-state index contributed by atoms with van der Waals surface area (Å²) in [6.07, 6.45) is 18.2. The number of likely N-dealkylation sites (tertiary alicyclic amines) is 1. The molecule has 1 N–H and O–H groups in total. The lowest BCUT2D eigenvalue weighted by Gasteiger charge is -2.60. The second kappa shape index (κ2) is 12.1. The fraction of sp³-hybridized carbons (Fsp3) is 0.806. The maximum Gasteiger partial charge on any atom is 0.133 e. The Labute approximate surface area is 243 Å². The minimum atomic E-state index is -0.189. The van der Waals surface area contributed by atoms with Crippen molar-refractivity contribution < 1.29 is 14.6 Å². The van der Waals surface area contributed by atoms with Crippen LogP contribution in [0.2, 0.25) is 0 Å². The van der Waals surface area contributed by atoms with Crippen molar-refractivity contribution in [2.45, 2.75) is 129 Å². The molecule has 4 nitrogen and oxygen atoms in total. The highest BCUT2D eigenvalue weighted by Crippen LogP contribution is 2.66. The average Bonchev–Trinajstić information content (AvgIpc) is 3.30. The zero-order valence-corrected chi connectivity index (χ0v) is 25.4. The van der Waals surface area contributed by atoms with Crippen LogP contribution in [0.1, 0.15) is 128 Å². The lowest BCUT2D eigenvalue weighted by Crippen LogP contribution is -2.55. The van der Waals surface area contributed by atoms with E-state index in [2.05, 4.69) is 43.0 Å². The van der Waals surface area contributed by atoms with Crippen molar-refractivity contribution in [3.05, 3.63) is 29.8 Å². The van der Waals surface area contributed by atoms with Gasteiger partial charge >= 0.3 is 0 Å². The Morgan fingerprint density at radius 1 is 1.02 bits per heavy atom. The third kappa shape index (κ3) is 5.30. The molecule has 5 fully saturated rings. The summed E-state index contributed by atoms with van der Waals surface area (Å²) < 4.78 is 6.51. The zero-order valence-electron chi connectivity index (χ0n) is 25.4. The second-order valence-electron chi connectivity index (χ2n) is 14.7. The molecule has 0 spiro atoms. The highest BCUT2D eigenvalue weighted by molar-refractivity contribution is 5.79. The van der Waals surface area contributed by atoms with Gasteiger partial charge in [0, 0.05) is 24.3 Å². The number of rotatable bonds is 9. The van der Waals surface area contributed by atoms with Gasteiger partial charge in [-0.1, -0.05) is 45.2 Å². The normalized spacial score (nSPS) is 39.8. The number of unbranched alkanes of at least 4 members (excludes halogenated alkanes) is 2. The monoisotopic (exact) mass is 549 g/mol. The topological polar surface area (TPSA) is 49.8 Å². The van der Waals surface area contributed by atoms with Crippen molar-refractivity contribution in [3.63, 3.8) is 0 Å². The van der Waals surface area contributed by atoms with Gasteiger partial charge in [0.15, 0.2) is 0 Å². The molecule has 1 aliphatic heterocycles. The van der Waals surface area contributed by atoms with Crippen molar-refractivity contribution in [1.29, 1.82) is 0 Å². The van der Waals surface area contributed by atoms with E-state index in [1.807, 2.05) is 0 Å². The smallest absolute Gasteiger partial charge is 0.133 e. The molecule has 5 aliphatic rings. The molecule has 0 amide bonds. The molecule has 4 saturated carbocycles. The maximum absolute atomic E-state index is 12.3. The minimum Gasteiger partial charge on any atom is -0.494 e. The molecular formula is C36H55NO3. The molecule has 4 heteroatoms. The first-order valence-corrected chi connectivity index (χ1v) is 17.1. The van der Waals surface area contributed by atoms with E-state index in [4.69, 9.17) is 4.74 Å². The van der Waals surface area contributed by atoms with Gasteiger partial charge in [0.05, 0.1) is 12.7 Å². The van der Waals surface area contributed by atoms with Crippen molar-refractivity contribution in [2.75, 3.05) is 19.7 Å². The number of hydrogen-bond donors (Lipinski definition) is 1. The SMILES string of the molecule is CCCCCN1CCCCC1c1cccc(OCC[C@]23CCC4C(CCC5CC(=O)CC[C@@]54C)C2CC[C@@H]3O)c1. The van der Waals surface area contributed by atoms with Gasteiger partial charge in [0.2, 0.25) is 0 Å². The van der Waals surface area contributed by atoms with Crippen molar-refractivity contribution in [3.8, 4) is 5.75 Å². The highest BCUT2D eigenvalue weighted by atomic mass is 16.5. The number of hydrogen-bond acceptors (Lipinski definition) is 4. The first-order valence-electron chi connectivity index (χ1n) is 17.1. The summed E-state index contributed by atoms with van der Waals surface area (Å²) in [5, 5.41) is 11.4. The van der Waals surface area contributed by atoms with Gasteiger partial charge in [-0.05, 0) is 131 Å². The predicted octanol–water partition coefficient (Wildman–Crippen LogP) is 8.13. The summed E-state index contributed by atoms with van der Waals surface area (Å²) in [6, 6.07) is 9.47. The van der Waals surface area contributed by atoms with E-state index in [0.29, 0.717) is 41.6 Å². The van der Waals surface area contributed by atoms with E-state index < -0.39 is 0 Å². The quantitative estimate of drug-likeness (QED) is 0.316. The van der Waals surface area contributed by atoms with Gasteiger partial charge in [-0.25, -0.2) is 0 Å². The summed E-state index contributed by atoms with van der Waals surface area (Å²) in [7, 11) is 0. The summed E-state index contributed by atoms with van der Waals surface area (Å²) in [5.41, 5.74) is 1.77. The highest BCUT2D eigenvalue weighted by Gasteiger charge is 2.61. The van der Waals surface area contributed by atoms with Gasteiger partial charge < -0.3 is 9.84 Å². The van der Waals surface area contributed by atoms with E-state index in [1.54, 1.807) is 0 Å². The molecule has 4 aliphatic carbocycles. The molecule has 8 atom stereocenters. The first kappa shape index (κ1) is 28.7. The van der Waals surface area contributed by atoms with Crippen LogP contribution in [0.15, 0.2) is 24.3 Å². The zero-order chi connectivity index (χ0) is 27.7.